The van der Waals surface area contributed by atoms with E-state index in [1.54, 1.807) is 17.2 Å². The van der Waals surface area contributed by atoms with Crippen LogP contribution in [0.15, 0.2) is 16.8 Å². The standard InChI is InChI=1S/C11H17N3O2/c1-8(2)13-10-4-6-14(11(10)15)7-9-3-5-12-16-9/h3,5,8,10,13H,4,6-7H2,1-2H3. The fourth-order valence-electron chi connectivity index (χ4n) is 1.96. The number of carbonyl (C=O) groups excluding carboxylic acids is 1. The molecule has 1 aromatic rings. The fourth-order valence-corrected chi connectivity index (χ4v) is 1.96. The smallest absolute Gasteiger partial charge is 0.240 e. The van der Waals surface area contributed by atoms with Crippen molar-refractivity contribution in [3.8, 4) is 0 Å². The Bertz CT molecular complexity index is 348. The molecule has 5 heteroatoms. The van der Waals surface area contributed by atoms with Crippen LogP contribution in [0.5, 0.6) is 0 Å². The number of amides is 1. The molecule has 88 valence electrons. The minimum Gasteiger partial charge on any atom is -0.360 e. The Kier molecular flexibility index (Phi) is 3.24. The number of rotatable bonds is 4. The Labute approximate surface area is 94.8 Å². The molecule has 0 saturated carbocycles. The molecule has 0 bridgehead atoms. The normalized spacial score (nSPS) is 21.1. The number of hydrogen-bond acceptors (Lipinski definition) is 4. The van der Waals surface area contributed by atoms with Crippen molar-refractivity contribution in [3.05, 3.63) is 18.0 Å². The summed E-state index contributed by atoms with van der Waals surface area (Å²) < 4.78 is 5.00. The van der Waals surface area contributed by atoms with Gasteiger partial charge in [-0.1, -0.05) is 19.0 Å². The molecule has 1 aromatic heterocycles. The first-order chi connectivity index (χ1) is 7.66. The molecule has 0 aromatic carbocycles. The number of nitrogens with one attached hydrogen (secondary N) is 1. The molecular weight excluding hydrogens is 206 g/mol. The third-order valence-corrected chi connectivity index (χ3v) is 2.67. The molecule has 1 saturated heterocycles. The Morgan fingerprint density at radius 1 is 1.69 bits per heavy atom. The minimum absolute atomic E-state index is 0.0390. The summed E-state index contributed by atoms with van der Waals surface area (Å²) in [6.07, 6.45) is 2.46. The number of likely N-dealkylation sites (tertiary alicyclic amines) is 1. The molecule has 5 nitrogen and oxygen atoms in total. The van der Waals surface area contributed by atoms with Crippen LogP contribution in [0, 0.1) is 0 Å². The number of nitrogens with zero attached hydrogens (tertiary/aromatic N) is 2. The molecular formula is C11H17N3O2. The molecule has 1 aliphatic rings. The van der Waals surface area contributed by atoms with Crippen LogP contribution in [0.25, 0.3) is 0 Å². The van der Waals surface area contributed by atoms with Crippen molar-refractivity contribution in [1.82, 2.24) is 15.4 Å². The number of aromatic nitrogens is 1. The second-order valence-electron chi connectivity index (χ2n) is 4.40. The van der Waals surface area contributed by atoms with E-state index in [0.29, 0.717) is 12.6 Å². The second-order valence-corrected chi connectivity index (χ2v) is 4.40. The first-order valence-electron chi connectivity index (χ1n) is 5.61. The molecule has 16 heavy (non-hydrogen) atoms. The maximum absolute atomic E-state index is 12.0. The maximum Gasteiger partial charge on any atom is 0.240 e. The van der Waals surface area contributed by atoms with Crippen molar-refractivity contribution in [2.75, 3.05) is 6.54 Å². The first kappa shape index (κ1) is 11.1. The third kappa shape index (κ3) is 2.41. The van der Waals surface area contributed by atoms with Gasteiger partial charge >= 0.3 is 0 Å². The van der Waals surface area contributed by atoms with Gasteiger partial charge in [0.25, 0.3) is 0 Å². The summed E-state index contributed by atoms with van der Waals surface area (Å²) in [7, 11) is 0. The monoisotopic (exact) mass is 223 g/mol. The number of hydrogen-bond donors (Lipinski definition) is 1. The molecule has 2 rings (SSSR count). The molecule has 0 radical (unpaired) electrons. The van der Waals surface area contributed by atoms with Crippen molar-refractivity contribution >= 4 is 5.91 Å². The van der Waals surface area contributed by atoms with E-state index in [0.717, 1.165) is 18.7 Å². The lowest BCUT2D eigenvalue weighted by Gasteiger charge is -2.16. The van der Waals surface area contributed by atoms with Crippen molar-refractivity contribution in [3.63, 3.8) is 0 Å². The van der Waals surface area contributed by atoms with Crippen LogP contribution in [0.2, 0.25) is 0 Å². The predicted octanol–water partition coefficient (Wildman–Crippen LogP) is 0.773. The van der Waals surface area contributed by atoms with Crippen LogP contribution >= 0.6 is 0 Å². The second kappa shape index (κ2) is 4.65. The molecule has 1 atom stereocenters. The van der Waals surface area contributed by atoms with Gasteiger partial charge in [0, 0.05) is 18.7 Å². The molecule has 1 aliphatic heterocycles. The van der Waals surface area contributed by atoms with E-state index in [9.17, 15) is 4.79 Å². The summed E-state index contributed by atoms with van der Waals surface area (Å²) >= 11 is 0. The van der Waals surface area contributed by atoms with Crippen LogP contribution in [0.4, 0.5) is 0 Å². The Hall–Kier alpha value is -1.36. The number of carbonyl (C=O) groups is 1. The molecule has 0 spiro atoms. The average molecular weight is 223 g/mol. The van der Waals surface area contributed by atoms with Gasteiger partial charge in [-0.25, -0.2) is 0 Å². The van der Waals surface area contributed by atoms with Gasteiger partial charge < -0.3 is 14.7 Å². The van der Waals surface area contributed by atoms with E-state index >= 15 is 0 Å². The first-order valence-corrected chi connectivity index (χ1v) is 5.61. The van der Waals surface area contributed by atoms with E-state index in [1.165, 1.54) is 0 Å². The summed E-state index contributed by atoms with van der Waals surface area (Å²) in [6, 6.07) is 2.08. The molecule has 1 amide bonds. The highest BCUT2D eigenvalue weighted by Gasteiger charge is 2.31. The van der Waals surface area contributed by atoms with Crippen LogP contribution in [0.1, 0.15) is 26.0 Å². The van der Waals surface area contributed by atoms with Gasteiger partial charge in [0.15, 0.2) is 5.76 Å². The average Bonchev–Trinajstić information content (AvgIpc) is 2.82. The van der Waals surface area contributed by atoms with Crippen molar-refractivity contribution in [1.29, 1.82) is 0 Å². The van der Waals surface area contributed by atoms with Crippen LogP contribution in [-0.4, -0.2) is 34.6 Å². The van der Waals surface area contributed by atoms with E-state index in [4.69, 9.17) is 4.52 Å². The van der Waals surface area contributed by atoms with Crippen LogP contribution < -0.4 is 5.32 Å². The van der Waals surface area contributed by atoms with Crippen LogP contribution in [-0.2, 0) is 11.3 Å². The van der Waals surface area contributed by atoms with Gasteiger partial charge in [0.05, 0.1) is 18.8 Å². The fraction of sp³-hybridized carbons (Fsp3) is 0.636. The largest absolute Gasteiger partial charge is 0.360 e. The lowest BCUT2D eigenvalue weighted by molar-refractivity contribution is -0.130. The summed E-state index contributed by atoms with van der Waals surface area (Å²) in [4.78, 5) is 13.8. The zero-order chi connectivity index (χ0) is 11.5. The molecule has 1 unspecified atom stereocenters. The zero-order valence-corrected chi connectivity index (χ0v) is 9.64. The third-order valence-electron chi connectivity index (χ3n) is 2.67. The lowest BCUT2D eigenvalue weighted by Crippen LogP contribution is -2.41. The molecule has 2 heterocycles. The highest BCUT2D eigenvalue weighted by molar-refractivity contribution is 5.83. The Morgan fingerprint density at radius 3 is 3.12 bits per heavy atom. The van der Waals surface area contributed by atoms with E-state index in [1.807, 2.05) is 13.8 Å². The Balaban J connectivity index is 1.92. The van der Waals surface area contributed by atoms with Crippen molar-refractivity contribution in [2.45, 2.75) is 38.9 Å². The van der Waals surface area contributed by atoms with Gasteiger partial charge in [-0.2, -0.15) is 0 Å². The lowest BCUT2D eigenvalue weighted by atomic mass is 10.2. The van der Waals surface area contributed by atoms with Crippen molar-refractivity contribution < 1.29 is 9.32 Å². The highest BCUT2D eigenvalue weighted by Crippen LogP contribution is 2.15. The van der Waals surface area contributed by atoms with Gasteiger partial charge in [-0.15, -0.1) is 0 Å². The summed E-state index contributed by atoms with van der Waals surface area (Å²) in [5.41, 5.74) is 0. The summed E-state index contributed by atoms with van der Waals surface area (Å²) in [5, 5.41) is 6.89. The van der Waals surface area contributed by atoms with E-state index < -0.39 is 0 Å². The maximum atomic E-state index is 12.0. The van der Waals surface area contributed by atoms with E-state index in [-0.39, 0.29) is 11.9 Å². The minimum atomic E-state index is -0.0390. The van der Waals surface area contributed by atoms with Crippen molar-refractivity contribution in [2.24, 2.45) is 0 Å². The van der Waals surface area contributed by atoms with Gasteiger partial charge in [0.2, 0.25) is 5.91 Å². The topological polar surface area (TPSA) is 58.4 Å². The zero-order valence-electron chi connectivity index (χ0n) is 9.64. The Morgan fingerprint density at radius 2 is 2.50 bits per heavy atom. The summed E-state index contributed by atoms with van der Waals surface area (Å²) in [5.74, 6) is 0.892. The van der Waals surface area contributed by atoms with Gasteiger partial charge in [-0.05, 0) is 6.42 Å². The molecule has 1 fully saturated rings. The summed E-state index contributed by atoms with van der Waals surface area (Å²) in [6.45, 7) is 5.40. The quantitative estimate of drug-likeness (QED) is 0.819. The predicted molar refractivity (Wildman–Crippen MR) is 58.6 cm³/mol. The molecule has 1 N–H and O–H groups in total. The van der Waals surface area contributed by atoms with Gasteiger partial charge in [0.1, 0.15) is 0 Å². The SMILES string of the molecule is CC(C)NC1CCN(Cc2ccno2)C1=O. The highest BCUT2D eigenvalue weighted by atomic mass is 16.5. The molecule has 0 aliphatic carbocycles. The van der Waals surface area contributed by atoms with Crippen LogP contribution in [0.3, 0.4) is 0 Å². The van der Waals surface area contributed by atoms with Gasteiger partial charge in [-0.3, -0.25) is 4.79 Å². The van der Waals surface area contributed by atoms with E-state index in [2.05, 4.69) is 10.5 Å².